The zero-order chi connectivity index (χ0) is 23.4. The second kappa shape index (κ2) is 9.82. The Morgan fingerprint density at radius 3 is 2.78 bits per heavy atom. The van der Waals surface area contributed by atoms with Gasteiger partial charge in [-0.2, -0.15) is 0 Å². The van der Waals surface area contributed by atoms with Crippen LogP contribution in [0.3, 0.4) is 0 Å². The molecule has 32 heavy (non-hydrogen) atoms. The molecule has 0 spiro atoms. The minimum atomic E-state index is -0.560. The number of nitrogens with one attached hydrogen (secondary N) is 3. The fraction of sp³-hybridized carbons (Fsp3) is 0.333. The van der Waals surface area contributed by atoms with Gasteiger partial charge >= 0.3 is 0 Å². The van der Waals surface area contributed by atoms with Crippen molar-refractivity contribution < 1.29 is 9.13 Å². The molecule has 0 saturated heterocycles. The number of anilines is 1. The number of aromatic nitrogens is 1. The van der Waals surface area contributed by atoms with Gasteiger partial charge in [0.25, 0.3) is 0 Å². The molecule has 2 heterocycles. The SMILES string of the molecule is CCN/C1=C(\C(C)N)C/C(=C/NC)C(=N)c2ccc(F)cc2[C@@H](C)Oc2cc1cnc2N. The van der Waals surface area contributed by atoms with E-state index in [0.717, 1.165) is 22.4 Å². The van der Waals surface area contributed by atoms with Crippen LogP contribution in [0.15, 0.2) is 47.8 Å². The molecule has 0 fully saturated rings. The minimum absolute atomic E-state index is 0.236. The summed E-state index contributed by atoms with van der Waals surface area (Å²) in [6.45, 7) is 6.39. The third-order valence-electron chi connectivity index (χ3n) is 5.44. The maximum absolute atomic E-state index is 14.2. The molecule has 2 aromatic rings. The lowest BCUT2D eigenvalue weighted by atomic mass is 9.88. The third kappa shape index (κ3) is 4.75. The van der Waals surface area contributed by atoms with Gasteiger partial charge in [0.1, 0.15) is 11.9 Å². The van der Waals surface area contributed by atoms with Crippen LogP contribution in [0.5, 0.6) is 5.75 Å². The summed E-state index contributed by atoms with van der Waals surface area (Å²) in [6, 6.07) is 5.89. The number of rotatable bonds is 4. The van der Waals surface area contributed by atoms with Crippen molar-refractivity contribution in [3.8, 4) is 5.75 Å². The van der Waals surface area contributed by atoms with Crippen LogP contribution in [-0.4, -0.2) is 30.3 Å². The molecule has 2 atom stereocenters. The summed E-state index contributed by atoms with van der Waals surface area (Å²) in [5.41, 5.74) is 17.2. The third-order valence-corrected chi connectivity index (χ3v) is 5.44. The van der Waals surface area contributed by atoms with Gasteiger partial charge in [0, 0.05) is 60.8 Å². The fourth-order valence-corrected chi connectivity index (χ4v) is 3.86. The van der Waals surface area contributed by atoms with E-state index >= 15 is 0 Å². The highest BCUT2D eigenvalue weighted by molar-refractivity contribution is 6.12. The molecule has 0 saturated carbocycles. The Hall–Kier alpha value is -3.39. The normalized spacial score (nSPS) is 21.1. The van der Waals surface area contributed by atoms with Crippen molar-refractivity contribution in [2.75, 3.05) is 19.3 Å². The van der Waals surface area contributed by atoms with Gasteiger partial charge in [-0.15, -0.1) is 0 Å². The molecule has 3 rings (SSSR count). The molecule has 1 aromatic carbocycles. The maximum atomic E-state index is 14.2. The summed E-state index contributed by atoms with van der Waals surface area (Å²) in [7, 11) is 1.78. The van der Waals surface area contributed by atoms with E-state index in [4.69, 9.17) is 21.6 Å². The maximum Gasteiger partial charge on any atom is 0.166 e. The molecular formula is C24H31FN6O. The largest absolute Gasteiger partial charge is 0.482 e. The van der Waals surface area contributed by atoms with Crippen LogP contribution in [0, 0.1) is 11.2 Å². The van der Waals surface area contributed by atoms with E-state index in [-0.39, 0.29) is 17.6 Å². The number of nitrogen functional groups attached to an aromatic ring is 1. The molecule has 1 aliphatic heterocycles. The number of halogens is 1. The lowest BCUT2D eigenvalue weighted by Crippen LogP contribution is -2.26. The molecule has 7 nitrogen and oxygen atoms in total. The van der Waals surface area contributed by atoms with E-state index in [9.17, 15) is 4.39 Å². The standard InChI is InChI=1S/C24H31FN6O/c1-5-30-23-16-9-21(24(28)31-12-16)32-14(3)20-10-17(25)6-7-18(20)22(27)15(11-29-4)8-19(23)13(2)26/h6-7,9-14,27,29-30H,5,8,26H2,1-4H3,(H2,28,31)/b15-11-,23-19-,27-22?/t13?,14-/m1/s1. The molecule has 0 amide bonds. The number of ether oxygens (including phenoxy) is 1. The van der Waals surface area contributed by atoms with Crippen molar-refractivity contribution in [3.63, 3.8) is 0 Å². The van der Waals surface area contributed by atoms with Crippen LogP contribution in [0.4, 0.5) is 10.2 Å². The van der Waals surface area contributed by atoms with E-state index in [2.05, 4.69) is 15.6 Å². The Balaban J connectivity index is 2.34. The Morgan fingerprint density at radius 2 is 2.12 bits per heavy atom. The number of nitrogens with zero attached hydrogens (tertiary/aromatic N) is 1. The van der Waals surface area contributed by atoms with Crippen LogP contribution < -0.4 is 26.8 Å². The molecule has 0 aliphatic carbocycles. The molecule has 7 N–H and O–H groups in total. The van der Waals surface area contributed by atoms with Crippen molar-refractivity contribution >= 4 is 17.2 Å². The van der Waals surface area contributed by atoms with E-state index in [0.29, 0.717) is 29.8 Å². The number of hydrogen-bond donors (Lipinski definition) is 5. The Kier molecular flexibility index (Phi) is 7.15. The van der Waals surface area contributed by atoms with Gasteiger partial charge in [0.15, 0.2) is 11.6 Å². The Morgan fingerprint density at radius 1 is 1.38 bits per heavy atom. The van der Waals surface area contributed by atoms with Crippen LogP contribution in [-0.2, 0) is 0 Å². The van der Waals surface area contributed by atoms with Gasteiger partial charge < -0.3 is 26.8 Å². The first-order valence-corrected chi connectivity index (χ1v) is 10.7. The number of fused-ring (bicyclic) bond motifs is 3. The van der Waals surface area contributed by atoms with E-state index in [1.165, 1.54) is 12.1 Å². The predicted octanol–water partition coefficient (Wildman–Crippen LogP) is 3.49. The average molecular weight is 439 g/mol. The van der Waals surface area contributed by atoms with Crippen LogP contribution in [0.25, 0.3) is 5.70 Å². The van der Waals surface area contributed by atoms with Crippen LogP contribution >= 0.6 is 0 Å². The predicted molar refractivity (Wildman–Crippen MR) is 127 cm³/mol. The summed E-state index contributed by atoms with van der Waals surface area (Å²) in [4.78, 5) is 4.33. The van der Waals surface area contributed by atoms with Crippen molar-refractivity contribution in [1.29, 1.82) is 5.41 Å². The molecule has 8 heteroatoms. The molecular weight excluding hydrogens is 407 g/mol. The summed E-state index contributed by atoms with van der Waals surface area (Å²) >= 11 is 0. The highest BCUT2D eigenvalue weighted by Gasteiger charge is 2.24. The smallest absolute Gasteiger partial charge is 0.166 e. The Labute approximate surface area is 188 Å². The number of hydrogen-bond acceptors (Lipinski definition) is 7. The van der Waals surface area contributed by atoms with Crippen molar-refractivity contribution in [2.45, 2.75) is 39.3 Å². The zero-order valence-corrected chi connectivity index (χ0v) is 18.9. The minimum Gasteiger partial charge on any atom is -0.482 e. The fourth-order valence-electron chi connectivity index (χ4n) is 3.86. The lowest BCUT2D eigenvalue weighted by molar-refractivity contribution is 0.227. The number of benzene rings is 1. The monoisotopic (exact) mass is 438 g/mol. The van der Waals surface area contributed by atoms with Gasteiger partial charge in [-0.05, 0) is 56.2 Å². The van der Waals surface area contributed by atoms with Crippen LogP contribution in [0.1, 0.15) is 50.0 Å². The second-order valence-electron chi connectivity index (χ2n) is 7.83. The molecule has 1 unspecified atom stereocenters. The summed E-state index contributed by atoms with van der Waals surface area (Å²) < 4.78 is 20.3. The van der Waals surface area contributed by atoms with Crippen molar-refractivity contribution in [3.05, 3.63) is 70.3 Å². The molecule has 0 radical (unpaired) electrons. The van der Waals surface area contributed by atoms with E-state index in [1.807, 2.05) is 19.9 Å². The highest BCUT2D eigenvalue weighted by Crippen LogP contribution is 2.34. The second-order valence-corrected chi connectivity index (χ2v) is 7.83. The zero-order valence-electron chi connectivity index (χ0n) is 18.9. The lowest BCUT2D eigenvalue weighted by Gasteiger charge is -2.25. The molecule has 1 aliphatic rings. The van der Waals surface area contributed by atoms with Gasteiger partial charge in [-0.1, -0.05) is 0 Å². The van der Waals surface area contributed by atoms with E-state index in [1.54, 1.807) is 32.4 Å². The van der Waals surface area contributed by atoms with Crippen LogP contribution in [0.2, 0.25) is 0 Å². The van der Waals surface area contributed by atoms with Gasteiger partial charge in [-0.25, -0.2) is 9.37 Å². The first kappa shape index (κ1) is 23.3. The Bertz CT molecular complexity index is 1080. The number of nitrogens with two attached hydrogens (primary N) is 2. The quantitative estimate of drug-likeness (QED) is 0.498. The number of allylic oxidation sites excluding steroid dienone is 1. The van der Waals surface area contributed by atoms with Gasteiger partial charge in [0.05, 0.1) is 5.71 Å². The number of pyridine rings is 1. The summed E-state index contributed by atoms with van der Waals surface area (Å²) in [5, 5.41) is 15.4. The average Bonchev–Trinajstić information content (AvgIpc) is 2.75. The first-order valence-electron chi connectivity index (χ1n) is 10.7. The van der Waals surface area contributed by atoms with Crippen molar-refractivity contribution in [2.24, 2.45) is 5.73 Å². The van der Waals surface area contributed by atoms with E-state index < -0.39 is 11.9 Å². The topological polar surface area (TPSA) is 122 Å². The summed E-state index contributed by atoms with van der Waals surface area (Å²) in [5.74, 6) is 0.228. The highest BCUT2D eigenvalue weighted by atomic mass is 19.1. The summed E-state index contributed by atoms with van der Waals surface area (Å²) in [6.07, 6.45) is 3.33. The molecule has 2 bridgehead atoms. The van der Waals surface area contributed by atoms with Crippen molar-refractivity contribution in [1.82, 2.24) is 15.6 Å². The van der Waals surface area contributed by atoms with Gasteiger partial charge in [-0.3, -0.25) is 5.41 Å². The van der Waals surface area contributed by atoms with Gasteiger partial charge in [0.2, 0.25) is 0 Å². The first-order chi connectivity index (χ1) is 15.3. The molecule has 170 valence electrons. The molecule has 1 aromatic heterocycles.